The summed E-state index contributed by atoms with van der Waals surface area (Å²) in [6.45, 7) is 4.29. The van der Waals surface area contributed by atoms with Gasteiger partial charge in [0.15, 0.2) is 0 Å². The van der Waals surface area contributed by atoms with Crippen molar-refractivity contribution in [2.45, 2.75) is 38.5 Å². The lowest BCUT2D eigenvalue weighted by Crippen LogP contribution is -2.36. The minimum Gasteiger partial charge on any atom is -0.347 e. The van der Waals surface area contributed by atoms with Gasteiger partial charge in [-0.1, -0.05) is 13.8 Å². The summed E-state index contributed by atoms with van der Waals surface area (Å²) >= 11 is 9.52. The fourth-order valence-corrected chi connectivity index (χ4v) is 4.72. The first-order valence-electron chi connectivity index (χ1n) is 6.66. The van der Waals surface area contributed by atoms with Crippen LogP contribution in [0.1, 0.15) is 40.4 Å². The number of rotatable bonds is 5. The van der Waals surface area contributed by atoms with E-state index in [-0.39, 0.29) is 11.9 Å². The second kappa shape index (κ2) is 7.00. The van der Waals surface area contributed by atoms with E-state index in [4.69, 9.17) is 11.6 Å². The second-order valence-electron chi connectivity index (χ2n) is 5.32. The van der Waals surface area contributed by atoms with Crippen LogP contribution in [0, 0.1) is 5.92 Å². The summed E-state index contributed by atoms with van der Waals surface area (Å²) < 4.78 is 0. The molecule has 5 heteroatoms. The number of halogens is 1. The molecule has 2 nitrogen and oxygen atoms in total. The molecule has 19 heavy (non-hydrogen) atoms. The molecule has 0 aromatic carbocycles. The van der Waals surface area contributed by atoms with Crippen LogP contribution in [-0.4, -0.2) is 23.6 Å². The molecule has 1 unspecified atom stereocenters. The van der Waals surface area contributed by atoms with Crippen molar-refractivity contribution in [1.29, 1.82) is 0 Å². The van der Waals surface area contributed by atoms with Gasteiger partial charge < -0.3 is 5.32 Å². The van der Waals surface area contributed by atoms with E-state index in [1.165, 1.54) is 16.2 Å². The maximum Gasteiger partial charge on any atom is 0.261 e. The molecule has 0 aliphatic carbocycles. The van der Waals surface area contributed by atoms with Gasteiger partial charge in [-0.3, -0.25) is 4.79 Å². The fraction of sp³-hybridized carbons (Fsp3) is 0.643. The largest absolute Gasteiger partial charge is 0.347 e. The molecule has 1 aromatic rings. The first kappa shape index (κ1) is 15.2. The average Bonchev–Trinajstić information content (AvgIpc) is 2.81. The number of alkyl halides is 1. The standard InChI is InChI=1S/C14H20ClNOS2/c1-9(2)5-11(7-15)16-14(17)13-6-10-8-18-4-3-12(10)19-13/h6,9,11H,3-5,7-8H2,1-2H3,(H,16,17). The maximum absolute atomic E-state index is 12.2. The number of hydrogen-bond acceptors (Lipinski definition) is 3. The molecule has 2 rings (SSSR count). The van der Waals surface area contributed by atoms with Gasteiger partial charge in [0.1, 0.15) is 0 Å². The van der Waals surface area contributed by atoms with Crippen molar-refractivity contribution >= 4 is 40.6 Å². The summed E-state index contributed by atoms with van der Waals surface area (Å²) in [5.41, 5.74) is 1.35. The number of fused-ring (bicyclic) bond motifs is 1. The van der Waals surface area contributed by atoms with Crippen LogP contribution < -0.4 is 5.32 Å². The van der Waals surface area contributed by atoms with Crippen molar-refractivity contribution in [3.05, 3.63) is 21.4 Å². The normalized spacial score (nSPS) is 16.2. The topological polar surface area (TPSA) is 29.1 Å². The molecule has 0 saturated carbocycles. The summed E-state index contributed by atoms with van der Waals surface area (Å²) in [4.78, 5) is 14.5. The minimum atomic E-state index is 0.0377. The first-order chi connectivity index (χ1) is 9.10. The first-order valence-corrected chi connectivity index (χ1v) is 9.17. The molecule has 1 atom stereocenters. The van der Waals surface area contributed by atoms with Crippen LogP contribution in [0.5, 0.6) is 0 Å². The highest BCUT2D eigenvalue weighted by atomic mass is 35.5. The third kappa shape index (κ3) is 4.14. The summed E-state index contributed by atoms with van der Waals surface area (Å²) in [5, 5.41) is 3.06. The van der Waals surface area contributed by atoms with Crippen LogP contribution >= 0.6 is 34.7 Å². The molecule has 0 radical (unpaired) electrons. The van der Waals surface area contributed by atoms with E-state index in [2.05, 4.69) is 25.2 Å². The van der Waals surface area contributed by atoms with Gasteiger partial charge >= 0.3 is 0 Å². The zero-order valence-electron chi connectivity index (χ0n) is 11.4. The van der Waals surface area contributed by atoms with Crippen LogP contribution in [-0.2, 0) is 12.2 Å². The minimum absolute atomic E-state index is 0.0377. The number of thiophene rings is 1. The van der Waals surface area contributed by atoms with Gasteiger partial charge in [0.05, 0.1) is 4.88 Å². The summed E-state index contributed by atoms with van der Waals surface area (Å²) in [6.07, 6.45) is 2.03. The zero-order valence-corrected chi connectivity index (χ0v) is 13.8. The number of aryl methyl sites for hydroxylation is 1. The van der Waals surface area contributed by atoms with Crippen molar-refractivity contribution in [3.8, 4) is 0 Å². The highest BCUT2D eigenvalue weighted by molar-refractivity contribution is 7.98. The third-order valence-electron chi connectivity index (χ3n) is 3.13. The molecule has 1 amide bonds. The quantitative estimate of drug-likeness (QED) is 0.834. The Kier molecular flexibility index (Phi) is 5.60. The number of nitrogens with one attached hydrogen (secondary N) is 1. The zero-order chi connectivity index (χ0) is 13.8. The van der Waals surface area contributed by atoms with E-state index >= 15 is 0 Å². The Morgan fingerprint density at radius 3 is 2.95 bits per heavy atom. The monoisotopic (exact) mass is 317 g/mol. The highest BCUT2D eigenvalue weighted by Crippen LogP contribution is 2.31. The van der Waals surface area contributed by atoms with Crippen molar-refractivity contribution in [2.24, 2.45) is 5.92 Å². The van der Waals surface area contributed by atoms with E-state index in [0.717, 1.165) is 23.5 Å². The lowest BCUT2D eigenvalue weighted by atomic mass is 10.1. The molecule has 106 valence electrons. The molecule has 1 N–H and O–H groups in total. The van der Waals surface area contributed by atoms with Gasteiger partial charge in [-0.15, -0.1) is 22.9 Å². The molecule has 1 aliphatic rings. The Morgan fingerprint density at radius 1 is 1.53 bits per heavy atom. The lowest BCUT2D eigenvalue weighted by molar-refractivity contribution is 0.0940. The smallest absolute Gasteiger partial charge is 0.261 e. The average molecular weight is 318 g/mol. The molecular formula is C14H20ClNOS2. The van der Waals surface area contributed by atoms with Gasteiger partial charge in [0.25, 0.3) is 5.91 Å². The Labute approximate surface area is 128 Å². The molecule has 1 aliphatic heterocycles. The fourth-order valence-electron chi connectivity index (χ4n) is 2.25. The summed E-state index contributed by atoms with van der Waals surface area (Å²) in [6, 6.07) is 2.13. The lowest BCUT2D eigenvalue weighted by Gasteiger charge is -2.17. The molecule has 0 spiro atoms. The maximum atomic E-state index is 12.2. The van der Waals surface area contributed by atoms with Gasteiger partial charge in [-0.25, -0.2) is 0 Å². The van der Waals surface area contributed by atoms with Crippen molar-refractivity contribution in [2.75, 3.05) is 11.6 Å². The van der Waals surface area contributed by atoms with E-state index in [1.807, 2.05) is 11.8 Å². The molecule has 1 aromatic heterocycles. The van der Waals surface area contributed by atoms with Crippen LogP contribution in [0.25, 0.3) is 0 Å². The van der Waals surface area contributed by atoms with Crippen LogP contribution in [0.15, 0.2) is 6.07 Å². The SMILES string of the molecule is CC(C)CC(CCl)NC(=O)c1cc2c(s1)CCSC2. The molecule has 2 heterocycles. The second-order valence-corrected chi connectivity index (χ2v) is 7.87. The number of hydrogen-bond donors (Lipinski definition) is 1. The summed E-state index contributed by atoms with van der Waals surface area (Å²) in [7, 11) is 0. The third-order valence-corrected chi connectivity index (χ3v) is 5.75. The molecule has 0 fully saturated rings. The van der Waals surface area contributed by atoms with Crippen molar-refractivity contribution in [3.63, 3.8) is 0 Å². The van der Waals surface area contributed by atoms with Crippen LogP contribution in [0.2, 0.25) is 0 Å². The van der Waals surface area contributed by atoms with Gasteiger partial charge in [-0.2, -0.15) is 11.8 Å². The van der Waals surface area contributed by atoms with E-state index in [9.17, 15) is 4.79 Å². The van der Waals surface area contributed by atoms with E-state index in [0.29, 0.717) is 11.8 Å². The van der Waals surface area contributed by atoms with Gasteiger partial charge in [0.2, 0.25) is 0 Å². The Hall–Kier alpha value is -0.190. The Morgan fingerprint density at radius 2 is 2.32 bits per heavy atom. The Bertz CT molecular complexity index is 421. The number of carbonyl (C=O) groups excluding carboxylic acids is 1. The van der Waals surface area contributed by atoms with E-state index in [1.54, 1.807) is 11.3 Å². The van der Waals surface area contributed by atoms with Gasteiger partial charge in [-0.05, 0) is 36.1 Å². The molecular weight excluding hydrogens is 298 g/mol. The van der Waals surface area contributed by atoms with Crippen LogP contribution in [0.3, 0.4) is 0 Å². The summed E-state index contributed by atoms with van der Waals surface area (Å²) in [5.74, 6) is 3.27. The highest BCUT2D eigenvalue weighted by Gasteiger charge is 2.19. The van der Waals surface area contributed by atoms with Crippen molar-refractivity contribution < 1.29 is 4.79 Å². The predicted molar refractivity (Wildman–Crippen MR) is 85.6 cm³/mol. The predicted octanol–water partition coefficient (Wildman–Crippen LogP) is 3.92. The number of amides is 1. The molecule has 0 saturated heterocycles. The van der Waals surface area contributed by atoms with Crippen LogP contribution in [0.4, 0.5) is 0 Å². The van der Waals surface area contributed by atoms with Crippen molar-refractivity contribution in [1.82, 2.24) is 5.32 Å². The van der Waals surface area contributed by atoms with Gasteiger partial charge in [0, 0.05) is 22.6 Å². The Balaban J connectivity index is 2.00. The molecule has 0 bridgehead atoms. The number of thioether (sulfide) groups is 1. The number of carbonyl (C=O) groups is 1. The van der Waals surface area contributed by atoms with E-state index < -0.39 is 0 Å².